The summed E-state index contributed by atoms with van der Waals surface area (Å²) in [6.45, 7) is 6.41. The number of nitrogens with one attached hydrogen (secondary N) is 1. The number of anilines is 1. The Balaban J connectivity index is 1.92. The molecule has 0 unspecified atom stereocenters. The van der Waals surface area contributed by atoms with E-state index in [4.69, 9.17) is 0 Å². The summed E-state index contributed by atoms with van der Waals surface area (Å²) in [6.07, 6.45) is 1.85. The van der Waals surface area contributed by atoms with Crippen molar-refractivity contribution in [3.63, 3.8) is 0 Å². The Hall–Kier alpha value is -1.68. The minimum absolute atomic E-state index is 0.000489. The van der Waals surface area contributed by atoms with E-state index in [1.807, 2.05) is 6.07 Å². The van der Waals surface area contributed by atoms with Crippen LogP contribution in [-0.2, 0) is 15.2 Å². The zero-order chi connectivity index (χ0) is 16.1. The Morgan fingerprint density at radius 3 is 2.50 bits per heavy atom. The Morgan fingerprint density at radius 2 is 1.86 bits per heavy atom. The quantitative estimate of drug-likeness (QED) is 0.838. The molecular formula is C18H23NO3. The van der Waals surface area contributed by atoms with E-state index in [1.54, 1.807) is 18.2 Å². The monoisotopic (exact) mass is 301 g/mol. The topological polar surface area (TPSA) is 66.4 Å². The van der Waals surface area contributed by atoms with Crippen LogP contribution in [0.15, 0.2) is 24.3 Å². The van der Waals surface area contributed by atoms with Crippen LogP contribution < -0.4 is 5.32 Å². The molecule has 3 atom stereocenters. The number of hydrogen-bond acceptors (Lipinski definition) is 3. The van der Waals surface area contributed by atoms with Crippen molar-refractivity contribution >= 4 is 17.4 Å². The van der Waals surface area contributed by atoms with Crippen molar-refractivity contribution in [3.8, 4) is 0 Å². The first-order chi connectivity index (χ1) is 10.2. The van der Waals surface area contributed by atoms with E-state index >= 15 is 0 Å². The first kappa shape index (κ1) is 15.2. The van der Waals surface area contributed by atoms with E-state index in [9.17, 15) is 14.7 Å². The molecule has 0 radical (unpaired) electrons. The highest BCUT2D eigenvalue weighted by Crippen LogP contribution is 2.48. The zero-order valence-electron chi connectivity index (χ0n) is 13.3. The van der Waals surface area contributed by atoms with E-state index in [2.05, 4.69) is 26.1 Å². The highest BCUT2D eigenvalue weighted by atomic mass is 16.3. The molecule has 1 fully saturated rings. The highest BCUT2D eigenvalue weighted by Gasteiger charge is 2.55. The molecule has 0 bridgehead atoms. The van der Waals surface area contributed by atoms with Crippen LogP contribution in [0.2, 0.25) is 0 Å². The molecule has 4 heteroatoms. The lowest BCUT2D eigenvalue weighted by Crippen LogP contribution is -2.48. The van der Waals surface area contributed by atoms with Gasteiger partial charge >= 0.3 is 0 Å². The van der Waals surface area contributed by atoms with E-state index in [1.165, 1.54) is 0 Å². The summed E-state index contributed by atoms with van der Waals surface area (Å²) in [4.78, 5) is 25.0. The number of ketones is 1. The van der Waals surface area contributed by atoms with Crippen molar-refractivity contribution in [2.45, 2.75) is 45.6 Å². The summed E-state index contributed by atoms with van der Waals surface area (Å²) in [6, 6.07) is 7.09. The van der Waals surface area contributed by atoms with Crippen molar-refractivity contribution < 1.29 is 14.7 Å². The van der Waals surface area contributed by atoms with Crippen LogP contribution in [0.4, 0.5) is 5.69 Å². The number of hydrogen-bond donors (Lipinski definition) is 2. The molecule has 1 aliphatic carbocycles. The van der Waals surface area contributed by atoms with Gasteiger partial charge in [0.25, 0.3) is 5.91 Å². The number of carbonyl (C=O) groups is 2. The fourth-order valence-electron chi connectivity index (χ4n) is 3.81. The summed E-state index contributed by atoms with van der Waals surface area (Å²) in [7, 11) is 0. The molecule has 118 valence electrons. The molecule has 22 heavy (non-hydrogen) atoms. The fraction of sp³-hybridized carbons (Fsp3) is 0.556. The maximum atomic E-state index is 12.7. The summed E-state index contributed by atoms with van der Waals surface area (Å²) in [5.41, 5.74) is -0.497. The van der Waals surface area contributed by atoms with Crippen LogP contribution in [0.1, 0.15) is 45.6 Å². The first-order valence-corrected chi connectivity index (χ1v) is 7.90. The number of aliphatic hydroxyl groups is 1. The first-order valence-electron chi connectivity index (χ1n) is 7.90. The zero-order valence-corrected chi connectivity index (χ0v) is 13.3. The SMILES string of the molecule is CC(C)(C)[C@@H]1CC[C@@H]([C@@]2(O)C(=O)Nc3ccccc32)C(=O)C1. The average Bonchev–Trinajstić information content (AvgIpc) is 2.70. The average molecular weight is 301 g/mol. The number of para-hydroxylation sites is 1. The van der Waals surface area contributed by atoms with Crippen LogP contribution in [0.3, 0.4) is 0 Å². The molecule has 1 amide bonds. The minimum Gasteiger partial charge on any atom is -0.375 e. The predicted octanol–water partition coefficient (Wildman–Crippen LogP) is 2.86. The van der Waals surface area contributed by atoms with Crippen molar-refractivity contribution in [1.29, 1.82) is 0 Å². The molecule has 0 aromatic heterocycles. The van der Waals surface area contributed by atoms with Gasteiger partial charge in [-0.05, 0) is 30.2 Å². The molecule has 1 aromatic carbocycles. The maximum absolute atomic E-state index is 12.7. The van der Waals surface area contributed by atoms with Crippen LogP contribution in [0, 0.1) is 17.3 Å². The Morgan fingerprint density at radius 1 is 1.18 bits per heavy atom. The number of amides is 1. The van der Waals surface area contributed by atoms with Gasteiger partial charge in [-0.1, -0.05) is 39.0 Å². The summed E-state index contributed by atoms with van der Waals surface area (Å²) in [5.74, 6) is -0.809. The van der Waals surface area contributed by atoms with E-state index in [0.29, 0.717) is 30.0 Å². The number of rotatable bonds is 1. The largest absolute Gasteiger partial charge is 0.375 e. The van der Waals surface area contributed by atoms with E-state index < -0.39 is 17.4 Å². The van der Waals surface area contributed by atoms with Crippen molar-refractivity contribution in [2.75, 3.05) is 5.32 Å². The molecule has 3 rings (SSSR count). The van der Waals surface area contributed by atoms with Gasteiger partial charge in [-0.3, -0.25) is 9.59 Å². The van der Waals surface area contributed by atoms with Gasteiger partial charge in [-0.2, -0.15) is 0 Å². The molecule has 1 aliphatic heterocycles. The third-order valence-electron chi connectivity index (χ3n) is 5.30. The standard InChI is InChI=1S/C18H23NO3/c1-17(2,3)11-8-9-13(15(20)10-11)18(22)12-6-4-5-7-14(12)19-16(18)21/h4-7,11,13,22H,8-10H2,1-3H3,(H,19,21)/t11-,13-,18-/m1/s1. The van der Waals surface area contributed by atoms with Gasteiger partial charge in [0.05, 0.1) is 5.92 Å². The van der Waals surface area contributed by atoms with Gasteiger partial charge in [-0.25, -0.2) is 0 Å². The number of fused-ring (bicyclic) bond motifs is 1. The lowest BCUT2D eigenvalue weighted by molar-refractivity contribution is -0.152. The molecule has 1 saturated carbocycles. The van der Waals surface area contributed by atoms with Crippen LogP contribution in [0.5, 0.6) is 0 Å². The predicted molar refractivity (Wildman–Crippen MR) is 84.3 cm³/mol. The lowest BCUT2D eigenvalue weighted by atomic mass is 9.65. The summed E-state index contributed by atoms with van der Waals surface area (Å²) in [5, 5.41) is 13.8. The Labute approximate surface area is 130 Å². The van der Waals surface area contributed by atoms with E-state index in [0.717, 1.165) is 6.42 Å². The Kier molecular flexibility index (Phi) is 3.40. The smallest absolute Gasteiger partial charge is 0.261 e. The number of Topliss-reactive ketones (excluding diaryl/α,β-unsaturated/α-hetero) is 1. The number of carbonyl (C=O) groups excluding carboxylic acids is 2. The molecule has 1 aromatic rings. The van der Waals surface area contributed by atoms with Gasteiger partial charge in [0.1, 0.15) is 5.78 Å². The second-order valence-corrected chi connectivity index (χ2v) is 7.63. The minimum atomic E-state index is -1.71. The Bertz CT molecular complexity index is 631. The highest BCUT2D eigenvalue weighted by molar-refractivity contribution is 6.08. The van der Waals surface area contributed by atoms with Gasteiger partial charge in [-0.15, -0.1) is 0 Å². The third kappa shape index (κ3) is 2.17. The third-order valence-corrected chi connectivity index (χ3v) is 5.30. The van der Waals surface area contributed by atoms with Gasteiger partial charge in [0.2, 0.25) is 0 Å². The summed E-state index contributed by atoms with van der Waals surface area (Å²) < 4.78 is 0. The van der Waals surface area contributed by atoms with Crippen molar-refractivity contribution in [2.24, 2.45) is 17.3 Å². The molecule has 1 heterocycles. The summed E-state index contributed by atoms with van der Waals surface area (Å²) >= 11 is 0. The van der Waals surface area contributed by atoms with Crippen molar-refractivity contribution in [3.05, 3.63) is 29.8 Å². The second kappa shape index (κ2) is 4.92. The molecule has 0 saturated heterocycles. The van der Waals surface area contributed by atoms with Crippen LogP contribution in [-0.4, -0.2) is 16.8 Å². The molecule has 2 aliphatic rings. The number of benzene rings is 1. The van der Waals surface area contributed by atoms with Crippen molar-refractivity contribution in [1.82, 2.24) is 0 Å². The van der Waals surface area contributed by atoms with Gasteiger partial charge in [0.15, 0.2) is 5.60 Å². The van der Waals surface area contributed by atoms with Crippen LogP contribution in [0.25, 0.3) is 0 Å². The van der Waals surface area contributed by atoms with Gasteiger partial charge in [0, 0.05) is 17.7 Å². The molecular weight excluding hydrogens is 278 g/mol. The fourth-order valence-corrected chi connectivity index (χ4v) is 3.81. The van der Waals surface area contributed by atoms with Gasteiger partial charge < -0.3 is 10.4 Å². The molecule has 2 N–H and O–H groups in total. The second-order valence-electron chi connectivity index (χ2n) is 7.63. The molecule has 0 spiro atoms. The van der Waals surface area contributed by atoms with Crippen LogP contribution >= 0.6 is 0 Å². The molecule has 4 nitrogen and oxygen atoms in total. The lowest BCUT2D eigenvalue weighted by Gasteiger charge is -2.40. The normalized spacial score (nSPS) is 31.8. The maximum Gasteiger partial charge on any atom is 0.261 e. The van der Waals surface area contributed by atoms with E-state index in [-0.39, 0.29) is 11.2 Å².